The first-order valence-electron chi connectivity index (χ1n) is 12.8. The first-order valence-corrected chi connectivity index (χ1v) is 13.7. The van der Waals surface area contributed by atoms with Crippen LogP contribution in [0.5, 0.6) is 0 Å². The van der Waals surface area contributed by atoms with Crippen LogP contribution in [0.3, 0.4) is 0 Å². The zero-order valence-electron chi connectivity index (χ0n) is 23.1. The zero-order chi connectivity index (χ0) is 33.2. The number of thiophene rings is 1. The highest BCUT2D eigenvalue weighted by Crippen LogP contribution is 2.35. The third-order valence-electron chi connectivity index (χ3n) is 6.91. The Bertz CT molecular complexity index is 2630. The first-order chi connectivity index (χ1) is 22.9. The lowest BCUT2D eigenvalue weighted by molar-refractivity contribution is 1.09. The van der Waals surface area contributed by atoms with Crippen molar-refractivity contribution in [3.05, 3.63) is 103 Å². The predicted molar refractivity (Wildman–Crippen MR) is 163 cm³/mol. The SMILES string of the molecule is [C-]#[N+]c1nc(C#N)nc(C#N)c1/C(C#N)=c1\cnc2c(c1)c1c/c(=C(\C#N)c3c(C#N)nc(C#N)nc3[N+]#[C-])cnc1c1sccc21. The molecular formula is C32H6N14S. The Hall–Kier alpha value is -8.18. The summed E-state index contributed by atoms with van der Waals surface area (Å²) in [6.45, 7) is 15.2. The molecule has 0 atom stereocenters. The third-order valence-corrected chi connectivity index (χ3v) is 7.83. The molecule has 5 heterocycles. The molecule has 0 aliphatic heterocycles. The maximum Gasteiger partial charge on any atom is 0.326 e. The third kappa shape index (κ3) is 4.50. The Kier molecular flexibility index (Phi) is 7.07. The summed E-state index contributed by atoms with van der Waals surface area (Å²) in [7, 11) is 0. The first kappa shape index (κ1) is 28.9. The molecule has 1 aromatic carbocycles. The lowest BCUT2D eigenvalue weighted by atomic mass is 9.99. The van der Waals surface area contributed by atoms with E-state index in [9.17, 15) is 31.6 Å². The second-order valence-corrected chi connectivity index (χ2v) is 10.2. The van der Waals surface area contributed by atoms with Gasteiger partial charge >= 0.3 is 11.6 Å². The molecule has 0 amide bonds. The van der Waals surface area contributed by atoms with Crippen LogP contribution in [0.1, 0.15) is 34.2 Å². The Morgan fingerprint density at radius 1 is 0.638 bits per heavy atom. The molecule has 0 spiro atoms. The number of benzene rings is 1. The summed E-state index contributed by atoms with van der Waals surface area (Å²) < 4.78 is 0.783. The van der Waals surface area contributed by atoms with Crippen LogP contribution >= 0.6 is 11.3 Å². The van der Waals surface area contributed by atoms with Gasteiger partial charge in [-0.3, -0.25) is 9.97 Å². The molecule has 210 valence electrons. The standard InChI is InChI=1S/C32H6N14S/c1-39-31-26(22(9-35)43-24(11-37)45-31)20(7-33)15-5-18-19-6-16(14-42-29(19)30-17(3-4-47-30)28(18)41-13-15)21(8-34)27-23(10-36)44-25(12-38)46-32(27)40-2/h3-6,13-14H/b20-15-,21-16-. The van der Waals surface area contributed by atoms with Crippen LogP contribution in [0.25, 0.3) is 52.7 Å². The van der Waals surface area contributed by atoms with Crippen molar-refractivity contribution in [3.8, 4) is 36.4 Å². The van der Waals surface area contributed by atoms with Crippen molar-refractivity contribution in [2.24, 2.45) is 0 Å². The molecule has 6 rings (SSSR count). The molecule has 0 unspecified atom stereocenters. The van der Waals surface area contributed by atoms with Crippen LogP contribution in [0, 0.1) is 81.1 Å². The van der Waals surface area contributed by atoms with Gasteiger partial charge in [0.25, 0.3) is 11.6 Å². The maximum atomic E-state index is 10.3. The maximum absolute atomic E-state index is 10.3. The van der Waals surface area contributed by atoms with Gasteiger partial charge in [0.15, 0.2) is 12.1 Å². The van der Waals surface area contributed by atoms with E-state index in [0.717, 1.165) is 10.1 Å². The van der Waals surface area contributed by atoms with Gasteiger partial charge in [0.2, 0.25) is 0 Å². The van der Waals surface area contributed by atoms with Crippen LogP contribution in [0.15, 0.2) is 36.0 Å². The van der Waals surface area contributed by atoms with Crippen LogP contribution in [0.2, 0.25) is 0 Å². The lowest BCUT2D eigenvalue weighted by Crippen LogP contribution is -2.12. The van der Waals surface area contributed by atoms with E-state index in [4.69, 9.17) is 13.1 Å². The topological polar surface area (TPSA) is 229 Å². The second kappa shape index (κ2) is 11.5. The fraction of sp³-hybridized carbons (Fsp3) is 0. The van der Waals surface area contributed by atoms with Crippen molar-refractivity contribution < 1.29 is 0 Å². The average molecular weight is 619 g/mol. The average Bonchev–Trinajstić information content (AvgIpc) is 3.62. The molecular weight excluding hydrogens is 613 g/mol. The summed E-state index contributed by atoms with van der Waals surface area (Å²) in [5, 5.41) is 62.6. The number of hydrogen-bond donors (Lipinski definition) is 0. The molecule has 0 saturated heterocycles. The Labute approximate surface area is 266 Å². The largest absolute Gasteiger partial charge is 0.360 e. The van der Waals surface area contributed by atoms with Crippen LogP contribution in [-0.4, -0.2) is 29.9 Å². The zero-order valence-corrected chi connectivity index (χ0v) is 23.9. The Balaban J connectivity index is 1.79. The molecule has 5 aromatic heterocycles. The molecule has 14 nitrogen and oxygen atoms in total. The van der Waals surface area contributed by atoms with E-state index in [1.54, 1.807) is 24.3 Å². The van der Waals surface area contributed by atoms with Gasteiger partial charge in [-0.25, -0.2) is 0 Å². The summed E-state index contributed by atoms with van der Waals surface area (Å²) in [6, 6.07) is 16.2. The quantitative estimate of drug-likeness (QED) is 0.200. The minimum absolute atomic E-state index is 0.130. The Morgan fingerprint density at radius 3 is 1.57 bits per heavy atom. The van der Waals surface area contributed by atoms with E-state index < -0.39 is 11.6 Å². The van der Waals surface area contributed by atoms with Crippen molar-refractivity contribution in [1.29, 1.82) is 31.6 Å². The van der Waals surface area contributed by atoms with Gasteiger partial charge < -0.3 is 9.69 Å². The number of rotatable bonds is 2. The van der Waals surface area contributed by atoms with Crippen molar-refractivity contribution in [1.82, 2.24) is 29.9 Å². The van der Waals surface area contributed by atoms with E-state index in [2.05, 4.69) is 39.6 Å². The Morgan fingerprint density at radius 2 is 1.13 bits per heavy atom. The van der Waals surface area contributed by atoms with Gasteiger partial charge in [-0.05, 0) is 23.6 Å². The minimum atomic E-state index is -0.396. The van der Waals surface area contributed by atoms with Crippen molar-refractivity contribution in [3.63, 3.8) is 0 Å². The molecule has 0 saturated carbocycles. The molecule has 47 heavy (non-hydrogen) atoms. The summed E-state index contributed by atoms with van der Waals surface area (Å²) >= 11 is 1.41. The van der Waals surface area contributed by atoms with Gasteiger partial charge in [-0.2, -0.15) is 41.5 Å². The smallest absolute Gasteiger partial charge is 0.326 e. The fourth-order valence-electron chi connectivity index (χ4n) is 5.00. The van der Waals surface area contributed by atoms with Gasteiger partial charge in [0.1, 0.15) is 23.5 Å². The molecule has 0 aliphatic carbocycles. The summed E-state index contributed by atoms with van der Waals surface area (Å²) in [4.78, 5) is 31.5. The molecule has 0 N–H and O–H groups in total. The van der Waals surface area contributed by atoms with E-state index >= 15 is 0 Å². The molecule has 0 aliphatic rings. The molecule has 0 bridgehead atoms. The van der Waals surface area contributed by atoms with Gasteiger partial charge in [-0.1, -0.05) is 23.1 Å². The minimum Gasteiger partial charge on any atom is -0.360 e. The van der Waals surface area contributed by atoms with Gasteiger partial charge in [0, 0.05) is 39.0 Å². The number of pyridine rings is 2. The van der Waals surface area contributed by atoms with E-state index in [-0.39, 0.29) is 55.7 Å². The number of fused-ring (bicyclic) bond motifs is 6. The highest BCUT2D eigenvalue weighted by atomic mass is 32.1. The van der Waals surface area contributed by atoms with Crippen molar-refractivity contribution in [2.45, 2.75) is 0 Å². The van der Waals surface area contributed by atoms with Gasteiger partial charge in [-0.15, -0.1) is 11.3 Å². The second-order valence-electron chi connectivity index (χ2n) is 9.24. The monoisotopic (exact) mass is 618 g/mol. The van der Waals surface area contributed by atoms with Crippen molar-refractivity contribution >= 4 is 66.0 Å². The number of hydrogen-bond acceptors (Lipinski definition) is 13. The van der Waals surface area contributed by atoms with Crippen LogP contribution in [-0.2, 0) is 0 Å². The molecule has 15 heteroatoms. The van der Waals surface area contributed by atoms with Crippen LogP contribution in [0.4, 0.5) is 11.6 Å². The summed E-state index contributed by atoms with van der Waals surface area (Å²) in [5.74, 6) is -1.50. The van der Waals surface area contributed by atoms with Gasteiger partial charge in [0.05, 0.1) is 50.1 Å². The fourth-order valence-corrected chi connectivity index (χ4v) is 5.91. The van der Waals surface area contributed by atoms with E-state index in [1.165, 1.54) is 23.7 Å². The van der Waals surface area contributed by atoms with E-state index in [1.807, 2.05) is 35.7 Å². The lowest BCUT2D eigenvalue weighted by Gasteiger charge is -2.09. The molecule has 6 aromatic rings. The normalized spacial score (nSPS) is 11.5. The van der Waals surface area contributed by atoms with Crippen LogP contribution < -0.4 is 10.4 Å². The predicted octanol–water partition coefficient (Wildman–Crippen LogP) is 3.61. The van der Waals surface area contributed by atoms with E-state index in [0.29, 0.717) is 21.8 Å². The highest BCUT2D eigenvalue weighted by molar-refractivity contribution is 7.18. The number of nitrogens with zero attached hydrogens (tertiary/aromatic N) is 14. The molecule has 0 fully saturated rings. The number of nitriles is 6. The summed E-state index contributed by atoms with van der Waals surface area (Å²) in [5.41, 5.74) is -0.169. The summed E-state index contributed by atoms with van der Waals surface area (Å²) in [6.07, 6.45) is 2.83. The highest BCUT2D eigenvalue weighted by Gasteiger charge is 2.23. The molecule has 0 radical (unpaired) electrons. The number of aromatic nitrogens is 6. The van der Waals surface area contributed by atoms with Crippen molar-refractivity contribution in [2.75, 3.05) is 0 Å².